The van der Waals surface area contributed by atoms with Crippen molar-refractivity contribution >= 4 is 43.2 Å². The molecule has 158 valence electrons. The normalized spacial score (nSPS) is 15.0. The molecule has 1 amide bonds. The Balaban J connectivity index is 1.58. The van der Waals surface area contributed by atoms with Gasteiger partial charge in [-0.2, -0.15) is 4.31 Å². The van der Waals surface area contributed by atoms with Crippen molar-refractivity contribution in [2.24, 2.45) is 0 Å². The van der Waals surface area contributed by atoms with Crippen LogP contribution >= 0.6 is 11.3 Å². The maximum absolute atomic E-state index is 12.8. The number of fused-ring (bicyclic) bond motifs is 1. The molecule has 4 rings (SSSR count). The summed E-state index contributed by atoms with van der Waals surface area (Å²) in [6, 6.07) is 12.2. The van der Waals surface area contributed by atoms with Gasteiger partial charge in [0.15, 0.2) is 0 Å². The Morgan fingerprint density at radius 2 is 1.90 bits per heavy atom. The third-order valence-electron chi connectivity index (χ3n) is 5.26. The van der Waals surface area contributed by atoms with Gasteiger partial charge in [0, 0.05) is 18.8 Å². The summed E-state index contributed by atoms with van der Waals surface area (Å²) in [6.45, 7) is 2.96. The first-order valence-electron chi connectivity index (χ1n) is 9.91. The monoisotopic (exact) mass is 445 g/mol. The molecule has 0 bridgehead atoms. The van der Waals surface area contributed by atoms with E-state index in [1.54, 1.807) is 12.1 Å². The van der Waals surface area contributed by atoms with Crippen LogP contribution in [0.5, 0.6) is 0 Å². The van der Waals surface area contributed by atoms with Gasteiger partial charge in [0.05, 0.1) is 15.1 Å². The van der Waals surface area contributed by atoms with Crippen LogP contribution in [0.25, 0.3) is 10.2 Å². The molecule has 1 aliphatic heterocycles. The Morgan fingerprint density at radius 1 is 1.13 bits per heavy atom. The topological polar surface area (TPSA) is 88.5 Å². The number of aromatic nitrogens is 1. The average Bonchev–Trinajstić information content (AvgIpc) is 3.37. The summed E-state index contributed by atoms with van der Waals surface area (Å²) < 4.78 is 29.0. The third-order valence-corrected chi connectivity index (χ3v) is 8.10. The van der Waals surface area contributed by atoms with Crippen molar-refractivity contribution in [1.82, 2.24) is 8.87 Å². The quantitative estimate of drug-likeness (QED) is 0.632. The summed E-state index contributed by atoms with van der Waals surface area (Å²) in [5, 5.41) is 2.82. The molecule has 7 nitrogen and oxygen atoms in total. The fraction of sp³-hybridized carbons (Fsp3) is 0.333. The van der Waals surface area contributed by atoms with Gasteiger partial charge in [0.1, 0.15) is 6.54 Å². The molecule has 2 heterocycles. The van der Waals surface area contributed by atoms with E-state index >= 15 is 0 Å². The minimum Gasteiger partial charge on any atom is -0.325 e. The lowest BCUT2D eigenvalue weighted by Gasteiger charge is -2.15. The van der Waals surface area contributed by atoms with Crippen molar-refractivity contribution in [3.8, 4) is 0 Å². The summed E-state index contributed by atoms with van der Waals surface area (Å²) in [7, 11) is -3.55. The molecule has 0 spiro atoms. The van der Waals surface area contributed by atoms with Crippen LogP contribution in [0.15, 0.2) is 52.2 Å². The molecule has 1 aliphatic rings. The van der Waals surface area contributed by atoms with Gasteiger partial charge in [-0.3, -0.25) is 14.2 Å². The fourth-order valence-electron chi connectivity index (χ4n) is 3.65. The third kappa shape index (κ3) is 4.05. The standard InChI is InChI=1S/C21H23N3O4S2/c1-2-15-6-5-7-16(12-15)22-20(25)14-24-18-9-8-17(13-19(18)29-21(24)26)30(27,28)23-10-3-4-11-23/h5-9,12-13H,2-4,10-11,14H2,1H3,(H,22,25). The molecule has 0 unspecified atom stereocenters. The van der Waals surface area contributed by atoms with Gasteiger partial charge in [-0.15, -0.1) is 0 Å². The summed E-state index contributed by atoms with van der Waals surface area (Å²) in [6.07, 6.45) is 2.59. The first-order valence-corrected chi connectivity index (χ1v) is 12.2. The molecular formula is C21H23N3O4S2. The van der Waals surface area contributed by atoms with Gasteiger partial charge in [-0.05, 0) is 55.2 Å². The molecule has 0 atom stereocenters. The Kier molecular flexibility index (Phi) is 5.77. The summed E-state index contributed by atoms with van der Waals surface area (Å²) in [4.78, 5) is 24.9. The average molecular weight is 446 g/mol. The number of benzene rings is 2. The second-order valence-electron chi connectivity index (χ2n) is 7.30. The molecule has 30 heavy (non-hydrogen) atoms. The molecule has 2 aromatic carbocycles. The van der Waals surface area contributed by atoms with E-state index in [0.29, 0.717) is 29.0 Å². The highest BCUT2D eigenvalue weighted by Crippen LogP contribution is 2.26. The van der Waals surface area contributed by atoms with Crippen molar-refractivity contribution in [2.45, 2.75) is 37.6 Å². The maximum Gasteiger partial charge on any atom is 0.308 e. The number of hydrogen-bond donors (Lipinski definition) is 1. The fourth-order valence-corrected chi connectivity index (χ4v) is 6.20. The molecule has 9 heteroatoms. The van der Waals surface area contributed by atoms with Crippen LogP contribution in [0.2, 0.25) is 0 Å². The number of carbonyl (C=O) groups is 1. The molecule has 0 radical (unpaired) electrons. The van der Waals surface area contributed by atoms with Gasteiger partial charge < -0.3 is 5.32 Å². The van der Waals surface area contributed by atoms with Crippen molar-refractivity contribution in [2.75, 3.05) is 18.4 Å². The second kappa shape index (κ2) is 8.33. The van der Waals surface area contributed by atoms with E-state index in [1.165, 1.54) is 21.0 Å². The number of thiazole rings is 1. The zero-order valence-corrected chi connectivity index (χ0v) is 18.3. The molecule has 3 aromatic rings. The lowest BCUT2D eigenvalue weighted by Crippen LogP contribution is -2.27. The lowest BCUT2D eigenvalue weighted by molar-refractivity contribution is -0.116. The van der Waals surface area contributed by atoms with Gasteiger partial charge in [0.25, 0.3) is 0 Å². The Morgan fingerprint density at radius 3 is 2.63 bits per heavy atom. The van der Waals surface area contributed by atoms with E-state index in [9.17, 15) is 18.0 Å². The van der Waals surface area contributed by atoms with E-state index in [2.05, 4.69) is 5.32 Å². The molecule has 1 aromatic heterocycles. The largest absolute Gasteiger partial charge is 0.325 e. The summed E-state index contributed by atoms with van der Waals surface area (Å²) >= 11 is 0.950. The van der Waals surface area contributed by atoms with Gasteiger partial charge in [-0.25, -0.2) is 8.42 Å². The zero-order valence-electron chi connectivity index (χ0n) is 16.6. The number of rotatable bonds is 6. The first-order chi connectivity index (χ1) is 14.4. The van der Waals surface area contributed by atoms with E-state index in [4.69, 9.17) is 0 Å². The van der Waals surface area contributed by atoms with E-state index in [0.717, 1.165) is 36.2 Å². The Bertz CT molecular complexity index is 1250. The number of nitrogens with one attached hydrogen (secondary N) is 1. The number of hydrogen-bond acceptors (Lipinski definition) is 5. The second-order valence-corrected chi connectivity index (χ2v) is 10.2. The lowest BCUT2D eigenvalue weighted by atomic mass is 10.1. The highest BCUT2D eigenvalue weighted by atomic mass is 32.2. The van der Waals surface area contributed by atoms with Crippen LogP contribution in [0.3, 0.4) is 0 Å². The van der Waals surface area contributed by atoms with E-state index in [-0.39, 0.29) is 22.2 Å². The van der Waals surface area contributed by atoms with Gasteiger partial charge in [0.2, 0.25) is 15.9 Å². The van der Waals surface area contributed by atoms with Crippen LogP contribution in [-0.4, -0.2) is 36.3 Å². The van der Waals surface area contributed by atoms with Crippen molar-refractivity contribution in [3.05, 3.63) is 57.7 Å². The number of anilines is 1. The highest BCUT2D eigenvalue weighted by Gasteiger charge is 2.27. The van der Waals surface area contributed by atoms with Gasteiger partial charge >= 0.3 is 4.87 Å². The van der Waals surface area contributed by atoms with Crippen LogP contribution in [-0.2, 0) is 27.8 Å². The van der Waals surface area contributed by atoms with Crippen LogP contribution in [0.4, 0.5) is 5.69 Å². The Labute approximate surface area is 179 Å². The molecular weight excluding hydrogens is 422 g/mol. The minimum atomic E-state index is -3.55. The number of aryl methyl sites for hydroxylation is 1. The zero-order chi connectivity index (χ0) is 21.3. The first kappa shape index (κ1) is 20.8. The van der Waals surface area contributed by atoms with E-state index < -0.39 is 10.0 Å². The van der Waals surface area contributed by atoms with E-state index in [1.807, 2.05) is 25.1 Å². The molecule has 1 fully saturated rings. The maximum atomic E-state index is 12.8. The SMILES string of the molecule is CCc1cccc(NC(=O)Cn2c(=O)sc3cc(S(=O)(=O)N4CCCC4)ccc32)c1. The molecule has 0 aliphatic carbocycles. The summed E-state index contributed by atoms with van der Waals surface area (Å²) in [5.74, 6) is -0.307. The van der Waals surface area contributed by atoms with Crippen molar-refractivity contribution in [3.63, 3.8) is 0 Å². The number of nitrogens with zero attached hydrogens (tertiary/aromatic N) is 2. The van der Waals surface area contributed by atoms with Crippen molar-refractivity contribution in [1.29, 1.82) is 0 Å². The van der Waals surface area contributed by atoms with Gasteiger partial charge in [-0.1, -0.05) is 30.4 Å². The smallest absolute Gasteiger partial charge is 0.308 e. The summed E-state index contributed by atoms with van der Waals surface area (Å²) in [5.41, 5.74) is 2.35. The van der Waals surface area contributed by atoms with Crippen LogP contribution in [0.1, 0.15) is 25.3 Å². The Hall–Kier alpha value is -2.49. The highest BCUT2D eigenvalue weighted by molar-refractivity contribution is 7.89. The number of amides is 1. The van der Waals surface area contributed by atoms with Crippen molar-refractivity contribution < 1.29 is 13.2 Å². The minimum absolute atomic E-state index is 0.132. The molecule has 1 N–H and O–H groups in total. The number of sulfonamides is 1. The number of carbonyl (C=O) groups excluding carboxylic acids is 1. The molecule has 1 saturated heterocycles. The molecule has 0 saturated carbocycles. The predicted molar refractivity (Wildman–Crippen MR) is 119 cm³/mol. The van der Waals surface area contributed by atoms with Crippen LogP contribution in [0, 0.1) is 0 Å². The van der Waals surface area contributed by atoms with Crippen LogP contribution < -0.4 is 10.2 Å². The predicted octanol–water partition coefficient (Wildman–Crippen LogP) is 3.05.